The fourth-order valence-electron chi connectivity index (χ4n) is 3.35. The first-order valence-electron chi connectivity index (χ1n) is 10.9. The lowest BCUT2D eigenvalue weighted by Gasteiger charge is -2.17. The molecule has 0 aliphatic carbocycles. The van der Waals surface area contributed by atoms with E-state index in [4.69, 9.17) is 5.73 Å². The molecule has 0 aliphatic heterocycles. The summed E-state index contributed by atoms with van der Waals surface area (Å²) in [4.78, 5) is 26.8. The summed E-state index contributed by atoms with van der Waals surface area (Å²) in [5.41, 5.74) is 6.14. The van der Waals surface area contributed by atoms with Gasteiger partial charge in [-0.25, -0.2) is 4.98 Å². The Morgan fingerprint density at radius 1 is 1.08 bits per heavy atom. The van der Waals surface area contributed by atoms with Gasteiger partial charge in [-0.2, -0.15) is 27.1 Å². The van der Waals surface area contributed by atoms with Crippen molar-refractivity contribution in [3.63, 3.8) is 0 Å². The molecule has 0 bridgehead atoms. The van der Waals surface area contributed by atoms with Crippen LogP contribution in [-0.2, 0) is 17.5 Å². The minimum atomic E-state index is -4.21. The number of benzene rings is 2. The Bertz CT molecular complexity index is 1380. The van der Waals surface area contributed by atoms with Crippen molar-refractivity contribution in [1.82, 2.24) is 24.6 Å². The van der Waals surface area contributed by atoms with E-state index in [0.717, 1.165) is 23.0 Å². The van der Waals surface area contributed by atoms with Crippen molar-refractivity contribution in [2.75, 3.05) is 0 Å². The molecule has 0 spiro atoms. The minimum absolute atomic E-state index is 0.110. The van der Waals surface area contributed by atoms with E-state index in [-0.39, 0.29) is 12.4 Å². The molecule has 13 heteroatoms. The number of nitrogens with zero attached hydrogens (tertiary/aromatic N) is 4. The zero-order valence-electron chi connectivity index (χ0n) is 19.7. The molecule has 1 unspecified atom stereocenters. The zero-order valence-corrected chi connectivity index (χ0v) is 19.7. The topological polar surface area (TPSA) is 108 Å². The summed E-state index contributed by atoms with van der Waals surface area (Å²) in [6, 6.07) is 11.2. The number of rotatable bonds is 6. The van der Waals surface area contributed by atoms with Gasteiger partial charge >= 0.3 is 12.1 Å². The maximum absolute atomic E-state index is 13.0. The van der Waals surface area contributed by atoms with E-state index in [2.05, 4.69) is 15.4 Å². The molecule has 37 heavy (non-hydrogen) atoms. The normalized spacial score (nSPS) is 12.5. The fraction of sp³-hybridized carbons (Fsp3) is 0.250. The van der Waals surface area contributed by atoms with Gasteiger partial charge in [0.1, 0.15) is 0 Å². The smallest absolute Gasteiger partial charge is 0.363 e. The summed E-state index contributed by atoms with van der Waals surface area (Å²) in [5, 5.41) is 7.28. The number of carbonyl (C=O) groups excluding carboxylic acids is 2. The van der Waals surface area contributed by atoms with E-state index in [1.807, 2.05) is 0 Å². The number of aromatic nitrogens is 4. The molecule has 1 atom stereocenters. The van der Waals surface area contributed by atoms with Crippen LogP contribution in [0.1, 0.15) is 30.0 Å². The van der Waals surface area contributed by atoms with Crippen LogP contribution in [0.4, 0.5) is 22.0 Å². The van der Waals surface area contributed by atoms with Crippen LogP contribution in [0, 0.1) is 0 Å². The number of imidazole rings is 1. The van der Waals surface area contributed by atoms with Gasteiger partial charge in [0, 0.05) is 36.4 Å². The van der Waals surface area contributed by atoms with Gasteiger partial charge in [0.15, 0.2) is 0 Å². The number of alkyl halides is 5. The molecule has 0 radical (unpaired) electrons. The molecule has 3 N–H and O–H groups in total. The van der Waals surface area contributed by atoms with Gasteiger partial charge in [-0.05, 0) is 25.1 Å². The second-order valence-electron chi connectivity index (χ2n) is 8.18. The zero-order chi connectivity index (χ0) is 27.4. The van der Waals surface area contributed by atoms with Crippen molar-refractivity contribution in [3.05, 3.63) is 78.5 Å². The number of hydrogen-bond donors (Lipinski definition) is 2. The SMILES string of the molecule is CC(Cn1ncc2cc(-n3ccnc3C(N)=O)ccc21)NC(=O)C(C)(F)F.FC(F)(F)c1ccccc1. The van der Waals surface area contributed by atoms with Crippen LogP contribution in [0.25, 0.3) is 16.6 Å². The van der Waals surface area contributed by atoms with Gasteiger partial charge in [-0.3, -0.25) is 18.8 Å². The quantitative estimate of drug-likeness (QED) is 0.371. The van der Waals surface area contributed by atoms with Crippen molar-refractivity contribution in [1.29, 1.82) is 0 Å². The third-order valence-electron chi connectivity index (χ3n) is 5.09. The van der Waals surface area contributed by atoms with Gasteiger partial charge < -0.3 is 11.1 Å². The molecule has 0 aliphatic rings. The highest BCUT2D eigenvalue weighted by Gasteiger charge is 2.33. The van der Waals surface area contributed by atoms with Crippen molar-refractivity contribution in [3.8, 4) is 5.69 Å². The number of amides is 2. The van der Waals surface area contributed by atoms with Crippen molar-refractivity contribution in [2.24, 2.45) is 5.73 Å². The van der Waals surface area contributed by atoms with Crippen LogP contribution < -0.4 is 11.1 Å². The average molecular weight is 522 g/mol. The monoisotopic (exact) mass is 522 g/mol. The number of carbonyl (C=O) groups is 2. The number of fused-ring (bicyclic) bond motifs is 1. The molecule has 8 nitrogen and oxygen atoms in total. The Balaban J connectivity index is 0.000000319. The number of nitrogens with one attached hydrogen (secondary N) is 1. The van der Waals surface area contributed by atoms with Crippen molar-refractivity contribution >= 4 is 22.7 Å². The highest BCUT2D eigenvalue weighted by Crippen LogP contribution is 2.28. The Hall–Kier alpha value is -4.29. The summed E-state index contributed by atoms with van der Waals surface area (Å²) in [6.07, 6.45) is 0.500. The predicted octanol–water partition coefficient (Wildman–Crippen LogP) is 4.19. The van der Waals surface area contributed by atoms with Gasteiger partial charge in [-0.15, -0.1) is 0 Å². The van der Waals surface area contributed by atoms with Crippen LogP contribution in [0.2, 0.25) is 0 Å². The molecule has 2 aromatic heterocycles. The second-order valence-corrected chi connectivity index (χ2v) is 8.18. The molecule has 4 aromatic rings. The highest BCUT2D eigenvalue weighted by atomic mass is 19.4. The van der Waals surface area contributed by atoms with Gasteiger partial charge in [-0.1, -0.05) is 30.3 Å². The molecule has 2 amide bonds. The van der Waals surface area contributed by atoms with Crippen LogP contribution in [0.15, 0.2) is 67.1 Å². The second kappa shape index (κ2) is 10.8. The Morgan fingerprint density at radius 3 is 2.32 bits per heavy atom. The third kappa shape index (κ3) is 6.90. The molecular formula is C24H23F5N6O2. The van der Waals surface area contributed by atoms with Crippen molar-refractivity contribution < 1.29 is 31.5 Å². The number of halogens is 5. The lowest BCUT2D eigenvalue weighted by molar-refractivity contribution is -0.143. The maximum Gasteiger partial charge on any atom is 0.416 e. The summed E-state index contributed by atoms with van der Waals surface area (Å²) in [6.45, 7) is 2.40. The van der Waals surface area contributed by atoms with Gasteiger partial charge in [0.2, 0.25) is 5.82 Å². The first-order valence-corrected chi connectivity index (χ1v) is 10.9. The summed E-state index contributed by atoms with van der Waals surface area (Å²) < 4.78 is 64.5. The molecule has 0 saturated carbocycles. The van der Waals surface area contributed by atoms with E-state index < -0.39 is 35.5 Å². The average Bonchev–Trinajstić information content (AvgIpc) is 3.46. The van der Waals surface area contributed by atoms with Crippen LogP contribution in [0.5, 0.6) is 0 Å². The number of primary amides is 1. The molecule has 2 heterocycles. The number of hydrogen-bond acceptors (Lipinski definition) is 4. The molecule has 4 rings (SSSR count). The van der Waals surface area contributed by atoms with E-state index in [1.165, 1.54) is 18.3 Å². The molecular weight excluding hydrogens is 499 g/mol. The lowest BCUT2D eigenvalue weighted by Crippen LogP contribution is -2.44. The number of nitrogens with two attached hydrogens (primary N) is 1. The first-order chi connectivity index (χ1) is 17.3. The Morgan fingerprint density at radius 2 is 1.76 bits per heavy atom. The van der Waals surface area contributed by atoms with E-state index >= 15 is 0 Å². The summed E-state index contributed by atoms with van der Waals surface area (Å²) in [7, 11) is 0. The van der Waals surface area contributed by atoms with Crippen LogP contribution in [0.3, 0.4) is 0 Å². The third-order valence-corrected chi connectivity index (χ3v) is 5.09. The van der Waals surface area contributed by atoms with E-state index in [0.29, 0.717) is 12.6 Å². The fourth-order valence-corrected chi connectivity index (χ4v) is 3.35. The van der Waals surface area contributed by atoms with Gasteiger partial charge in [0.25, 0.3) is 11.8 Å². The molecule has 0 saturated heterocycles. The Kier molecular flexibility index (Phi) is 7.94. The highest BCUT2D eigenvalue weighted by molar-refractivity contribution is 5.90. The largest absolute Gasteiger partial charge is 0.416 e. The van der Waals surface area contributed by atoms with E-state index in [1.54, 1.807) is 52.8 Å². The van der Waals surface area contributed by atoms with Crippen LogP contribution in [-0.4, -0.2) is 43.1 Å². The minimum Gasteiger partial charge on any atom is -0.363 e. The lowest BCUT2D eigenvalue weighted by atomic mass is 10.2. The maximum atomic E-state index is 13.0. The standard InChI is InChI=1S/C17H18F2N6O2.C7H5F3/c1-10(23-16(27)17(2,18)19)9-25-13-4-3-12(7-11(13)8-22-25)24-6-5-21-15(24)14(20)26;8-7(9,10)6-4-2-1-3-5-6/h3-8,10H,9H2,1-2H3,(H2,20,26)(H,23,27);1-5H. The van der Waals surface area contributed by atoms with Crippen LogP contribution >= 0.6 is 0 Å². The van der Waals surface area contributed by atoms with Crippen molar-refractivity contribution in [2.45, 2.75) is 38.5 Å². The van der Waals surface area contributed by atoms with Gasteiger partial charge in [0.05, 0.1) is 23.8 Å². The van der Waals surface area contributed by atoms with E-state index in [9.17, 15) is 31.5 Å². The molecule has 0 fully saturated rings. The summed E-state index contributed by atoms with van der Waals surface area (Å²) in [5.74, 6) is -5.29. The molecule has 196 valence electrons. The molecule has 2 aromatic carbocycles. The first kappa shape index (κ1) is 27.3. The predicted molar refractivity (Wildman–Crippen MR) is 125 cm³/mol. The summed E-state index contributed by atoms with van der Waals surface area (Å²) >= 11 is 0. The Labute approximate surface area is 207 Å².